The zero-order valence-corrected chi connectivity index (χ0v) is 12.9. The SMILES string of the molecule is CC1(NCc2nnc(-c3ccccc3Br)o2)CCNC1. The number of hydrogen-bond donors (Lipinski definition) is 2. The van der Waals surface area contributed by atoms with Crippen LogP contribution in [0.15, 0.2) is 33.2 Å². The van der Waals surface area contributed by atoms with Crippen LogP contribution in [0, 0.1) is 0 Å². The minimum atomic E-state index is 0.113. The van der Waals surface area contributed by atoms with Gasteiger partial charge in [0.05, 0.1) is 12.1 Å². The zero-order valence-electron chi connectivity index (χ0n) is 11.3. The van der Waals surface area contributed by atoms with Crippen molar-refractivity contribution in [2.45, 2.75) is 25.4 Å². The summed E-state index contributed by atoms with van der Waals surface area (Å²) in [6, 6.07) is 7.83. The first-order valence-electron chi connectivity index (χ1n) is 6.69. The van der Waals surface area contributed by atoms with Gasteiger partial charge in [0, 0.05) is 16.6 Å². The highest BCUT2D eigenvalue weighted by atomic mass is 79.9. The van der Waals surface area contributed by atoms with E-state index in [9.17, 15) is 0 Å². The van der Waals surface area contributed by atoms with Gasteiger partial charge in [-0.1, -0.05) is 12.1 Å². The van der Waals surface area contributed by atoms with E-state index >= 15 is 0 Å². The van der Waals surface area contributed by atoms with Gasteiger partial charge in [-0.15, -0.1) is 10.2 Å². The molecule has 0 amide bonds. The molecule has 106 valence electrons. The van der Waals surface area contributed by atoms with Crippen LogP contribution >= 0.6 is 15.9 Å². The second kappa shape index (κ2) is 5.63. The summed E-state index contributed by atoms with van der Waals surface area (Å²) < 4.78 is 6.67. The topological polar surface area (TPSA) is 63.0 Å². The Morgan fingerprint density at radius 2 is 2.25 bits per heavy atom. The summed E-state index contributed by atoms with van der Waals surface area (Å²) in [5.74, 6) is 1.16. The molecule has 2 heterocycles. The van der Waals surface area contributed by atoms with E-state index in [1.54, 1.807) is 0 Å². The maximum Gasteiger partial charge on any atom is 0.248 e. The van der Waals surface area contributed by atoms with Crippen molar-refractivity contribution in [3.05, 3.63) is 34.6 Å². The van der Waals surface area contributed by atoms with Gasteiger partial charge >= 0.3 is 0 Å². The smallest absolute Gasteiger partial charge is 0.248 e. The van der Waals surface area contributed by atoms with Crippen molar-refractivity contribution >= 4 is 15.9 Å². The zero-order chi connectivity index (χ0) is 14.0. The Labute approximate surface area is 126 Å². The Balaban J connectivity index is 1.70. The van der Waals surface area contributed by atoms with Gasteiger partial charge in [0.2, 0.25) is 11.8 Å². The van der Waals surface area contributed by atoms with Crippen molar-refractivity contribution in [2.75, 3.05) is 13.1 Å². The van der Waals surface area contributed by atoms with Gasteiger partial charge in [0.25, 0.3) is 0 Å². The lowest BCUT2D eigenvalue weighted by Gasteiger charge is -2.23. The predicted octanol–water partition coefficient (Wildman–Crippen LogP) is 2.34. The van der Waals surface area contributed by atoms with Gasteiger partial charge in [-0.2, -0.15) is 0 Å². The lowest BCUT2D eigenvalue weighted by Crippen LogP contribution is -2.43. The fourth-order valence-electron chi connectivity index (χ4n) is 2.33. The summed E-state index contributed by atoms with van der Waals surface area (Å²) >= 11 is 3.49. The molecule has 0 bridgehead atoms. The van der Waals surface area contributed by atoms with E-state index in [1.165, 1.54) is 0 Å². The van der Waals surface area contributed by atoms with Crippen molar-refractivity contribution < 1.29 is 4.42 Å². The Bertz CT molecular complexity index is 592. The molecule has 5 nitrogen and oxygen atoms in total. The Morgan fingerprint density at radius 3 is 3.00 bits per heavy atom. The largest absolute Gasteiger partial charge is 0.419 e. The van der Waals surface area contributed by atoms with Crippen molar-refractivity contribution in [3.63, 3.8) is 0 Å². The number of hydrogen-bond acceptors (Lipinski definition) is 5. The summed E-state index contributed by atoms with van der Waals surface area (Å²) in [5.41, 5.74) is 1.03. The highest BCUT2D eigenvalue weighted by molar-refractivity contribution is 9.10. The van der Waals surface area contributed by atoms with Gasteiger partial charge < -0.3 is 15.1 Å². The molecule has 1 atom stereocenters. The Morgan fingerprint density at radius 1 is 1.40 bits per heavy atom. The minimum Gasteiger partial charge on any atom is -0.419 e. The van der Waals surface area contributed by atoms with E-state index < -0.39 is 0 Å². The highest BCUT2D eigenvalue weighted by Crippen LogP contribution is 2.26. The summed E-state index contributed by atoms with van der Waals surface area (Å²) in [7, 11) is 0. The molecule has 1 aliphatic heterocycles. The quantitative estimate of drug-likeness (QED) is 0.897. The molecule has 1 unspecified atom stereocenters. The van der Waals surface area contributed by atoms with Crippen LogP contribution in [0.5, 0.6) is 0 Å². The number of benzene rings is 1. The van der Waals surface area contributed by atoms with Crippen LogP contribution in [0.3, 0.4) is 0 Å². The van der Waals surface area contributed by atoms with Gasteiger partial charge in [-0.05, 0) is 48.0 Å². The monoisotopic (exact) mass is 336 g/mol. The summed E-state index contributed by atoms with van der Waals surface area (Å²) in [4.78, 5) is 0. The first-order chi connectivity index (χ1) is 9.66. The van der Waals surface area contributed by atoms with Crippen LogP contribution in [-0.2, 0) is 6.54 Å². The second-order valence-corrected chi connectivity index (χ2v) is 6.18. The molecule has 2 aromatic rings. The number of nitrogens with zero attached hydrogens (tertiary/aromatic N) is 2. The third-order valence-electron chi connectivity index (χ3n) is 3.61. The first-order valence-corrected chi connectivity index (χ1v) is 7.49. The number of aromatic nitrogens is 2. The van der Waals surface area contributed by atoms with E-state index in [1.807, 2.05) is 24.3 Å². The Hall–Kier alpha value is -1.24. The van der Waals surface area contributed by atoms with Crippen molar-refractivity contribution in [1.29, 1.82) is 0 Å². The van der Waals surface area contributed by atoms with Crippen molar-refractivity contribution in [3.8, 4) is 11.5 Å². The molecule has 2 N–H and O–H groups in total. The number of nitrogens with one attached hydrogen (secondary N) is 2. The fourth-order valence-corrected chi connectivity index (χ4v) is 2.78. The van der Waals surface area contributed by atoms with E-state index in [0.29, 0.717) is 18.3 Å². The minimum absolute atomic E-state index is 0.113. The van der Waals surface area contributed by atoms with E-state index in [2.05, 4.69) is 43.7 Å². The predicted molar refractivity (Wildman–Crippen MR) is 80.2 cm³/mol. The lowest BCUT2D eigenvalue weighted by molar-refractivity contribution is 0.356. The molecule has 20 heavy (non-hydrogen) atoms. The highest BCUT2D eigenvalue weighted by Gasteiger charge is 2.28. The van der Waals surface area contributed by atoms with Gasteiger partial charge in [0.15, 0.2) is 0 Å². The van der Waals surface area contributed by atoms with Crippen LogP contribution in [0.25, 0.3) is 11.5 Å². The average molecular weight is 337 g/mol. The molecule has 1 aromatic heterocycles. The van der Waals surface area contributed by atoms with E-state index in [-0.39, 0.29) is 5.54 Å². The second-order valence-electron chi connectivity index (χ2n) is 5.32. The van der Waals surface area contributed by atoms with Crippen LogP contribution in [-0.4, -0.2) is 28.8 Å². The standard InChI is InChI=1S/C14H17BrN4O/c1-14(6-7-16-9-14)17-8-12-18-19-13(20-12)10-4-2-3-5-11(10)15/h2-5,16-17H,6-9H2,1H3. The number of halogens is 1. The third kappa shape index (κ3) is 2.92. The van der Waals surface area contributed by atoms with E-state index in [4.69, 9.17) is 4.42 Å². The lowest BCUT2D eigenvalue weighted by atomic mass is 10.0. The van der Waals surface area contributed by atoms with Crippen LogP contribution < -0.4 is 10.6 Å². The van der Waals surface area contributed by atoms with Gasteiger partial charge in [-0.3, -0.25) is 0 Å². The molecule has 3 rings (SSSR count). The van der Waals surface area contributed by atoms with Gasteiger partial charge in [-0.25, -0.2) is 0 Å². The van der Waals surface area contributed by atoms with Gasteiger partial charge in [0.1, 0.15) is 0 Å². The average Bonchev–Trinajstić information content (AvgIpc) is 3.07. The maximum atomic E-state index is 5.72. The Kier molecular flexibility index (Phi) is 3.87. The maximum absolute atomic E-state index is 5.72. The molecule has 0 saturated carbocycles. The van der Waals surface area contributed by atoms with Crippen LogP contribution in [0.2, 0.25) is 0 Å². The summed E-state index contributed by atoms with van der Waals surface area (Å²) in [6.45, 7) is 4.82. The number of rotatable bonds is 4. The van der Waals surface area contributed by atoms with Crippen molar-refractivity contribution in [2.24, 2.45) is 0 Å². The molecule has 0 spiro atoms. The molecular formula is C14H17BrN4O. The summed E-state index contributed by atoms with van der Waals surface area (Å²) in [6.07, 6.45) is 1.11. The summed E-state index contributed by atoms with van der Waals surface area (Å²) in [5, 5.41) is 15.1. The molecule has 1 fully saturated rings. The molecule has 1 aromatic carbocycles. The normalized spacial score (nSPS) is 22.3. The molecular weight excluding hydrogens is 320 g/mol. The van der Waals surface area contributed by atoms with Crippen LogP contribution in [0.1, 0.15) is 19.2 Å². The fraction of sp³-hybridized carbons (Fsp3) is 0.429. The molecule has 0 radical (unpaired) electrons. The molecule has 1 saturated heterocycles. The third-order valence-corrected chi connectivity index (χ3v) is 4.30. The van der Waals surface area contributed by atoms with E-state index in [0.717, 1.165) is 29.5 Å². The van der Waals surface area contributed by atoms with Crippen LogP contribution in [0.4, 0.5) is 0 Å². The first kappa shape index (κ1) is 13.7. The molecule has 0 aliphatic carbocycles. The molecule has 6 heteroatoms. The van der Waals surface area contributed by atoms with Crippen molar-refractivity contribution in [1.82, 2.24) is 20.8 Å². The molecule has 1 aliphatic rings.